The summed E-state index contributed by atoms with van der Waals surface area (Å²) in [5.41, 5.74) is 0.592. The van der Waals surface area contributed by atoms with Crippen LogP contribution in [-0.4, -0.2) is 36.6 Å². The first-order valence-corrected chi connectivity index (χ1v) is 7.45. The number of benzene rings is 1. The number of halogens is 1. The van der Waals surface area contributed by atoms with E-state index in [4.69, 9.17) is 4.78 Å². The zero-order valence-electron chi connectivity index (χ0n) is 9.70. The van der Waals surface area contributed by atoms with Crippen LogP contribution in [0.15, 0.2) is 23.1 Å². The first-order valence-electron chi connectivity index (χ1n) is 5.48. The molecule has 1 aromatic rings. The molecule has 0 saturated carbocycles. The fourth-order valence-electron chi connectivity index (χ4n) is 2.04. The molecule has 1 atom stereocenters. The van der Waals surface area contributed by atoms with Crippen molar-refractivity contribution in [3.63, 3.8) is 0 Å². The predicted molar refractivity (Wildman–Crippen MR) is 66.5 cm³/mol. The predicted octanol–water partition coefficient (Wildman–Crippen LogP) is 1.27. The van der Waals surface area contributed by atoms with Crippen molar-refractivity contribution in [2.75, 3.05) is 37.3 Å². The molecule has 2 rings (SSSR count). The molecule has 94 valence electrons. The van der Waals surface area contributed by atoms with E-state index >= 15 is 0 Å². The average molecular weight is 257 g/mol. The maximum Gasteiger partial charge on any atom is 0.142 e. The highest BCUT2D eigenvalue weighted by Gasteiger charge is 2.21. The summed E-state index contributed by atoms with van der Waals surface area (Å²) in [5, 5.41) is 3.20. The largest absolute Gasteiger partial charge is 0.368 e. The van der Waals surface area contributed by atoms with Crippen LogP contribution in [0.25, 0.3) is 0 Å². The Kier molecular flexibility index (Phi) is 3.35. The number of nitrogens with zero attached hydrogens (tertiary/aromatic N) is 1. The second-order valence-corrected chi connectivity index (χ2v) is 6.26. The molecule has 6 heteroatoms. The Balaban J connectivity index is 2.49. The van der Waals surface area contributed by atoms with Crippen molar-refractivity contribution in [3.8, 4) is 0 Å². The number of anilines is 1. The van der Waals surface area contributed by atoms with Crippen molar-refractivity contribution in [2.24, 2.45) is 0 Å². The minimum Gasteiger partial charge on any atom is -0.368 e. The Hall–Kier alpha value is -1.14. The van der Waals surface area contributed by atoms with Gasteiger partial charge in [-0.15, -0.1) is 0 Å². The normalized spacial score (nSPS) is 20.0. The first-order chi connectivity index (χ1) is 8.00. The summed E-state index contributed by atoms with van der Waals surface area (Å²) in [4.78, 5) is 2.01. The Morgan fingerprint density at radius 2 is 2.06 bits per heavy atom. The average Bonchev–Trinajstić information content (AvgIpc) is 2.28. The number of hydrogen-bond acceptors (Lipinski definition) is 4. The fraction of sp³-hybridized carbons (Fsp3) is 0.455. The van der Waals surface area contributed by atoms with E-state index in [1.54, 1.807) is 12.1 Å². The maximum atomic E-state index is 13.8. The summed E-state index contributed by atoms with van der Waals surface area (Å²) in [5.74, 6) is -0.552. The van der Waals surface area contributed by atoms with Gasteiger partial charge in [0.2, 0.25) is 0 Å². The van der Waals surface area contributed by atoms with Gasteiger partial charge in [0.1, 0.15) is 10.7 Å². The van der Waals surface area contributed by atoms with Crippen molar-refractivity contribution >= 4 is 15.4 Å². The molecule has 4 nitrogen and oxygen atoms in total. The van der Waals surface area contributed by atoms with Crippen molar-refractivity contribution in [1.29, 1.82) is 4.78 Å². The van der Waals surface area contributed by atoms with Gasteiger partial charge in [0, 0.05) is 32.4 Å². The van der Waals surface area contributed by atoms with Gasteiger partial charge in [-0.3, -0.25) is 0 Å². The van der Waals surface area contributed by atoms with E-state index in [2.05, 4.69) is 5.32 Å². The first kappa shape index (κ1) is 12.3. The maximum absolute atomic E-state index is 13.8. The lowest BCUT2D eigenvalue weighted by Crippen LogP contribution is -2.44. The number of rotatable bonds is 2. The van der Waals surface area contributed by atoms with Gasteiger partial charge in [-0.1, -0.05) is 6.07 Å². The van der Waals surface area contributed by atoms with Crippen LogP contribution in [-0.2, 0) is 9.73 Å². The molecule has 0 bridgehead atoms. The van der Waals surface area contributed by atoms with E-state index in [1.807, 2.05) is 4.90 Å². The van der Waals surface area contributed by atoms with E-state index < -0.39 is 15.5 Å². The highest BCUT2D eigenvalue weighted by atomic mass is 32.2. The van der Waals surface area contributed by atoms with Gasteiger partial charge in [-0.25, -0.2) is 13.4 Å². The van der Waals surface area contributed by atoms with Gasteiger partial charge in [0.15, 0.2) is 0 Å². The summed E-state index contributed by atoms with van der Waals surface area (Å²) in [6.07, 6.45) is 1.26. The molecule has 2 N–H and O–H groups in total. The summed E-state index contributed by atoms with van der Waals surface area (Å²) in [7, 11) is -3.05. The smallest absolute Gasteiger partial charge is 0.142 e. The fourth-order valence-corrected chi connectivity index (χ4v) is 3.07. The summed E-state index contributed by atoms with van der Waals surface area (Å²) in [6.45, 7) is 3.12. The molecule has 1 fully saturated rings. The molecule has 0 unspecified atom stereocenters. The minimum atomic E-state index is -3.05. The highest BCUT2D eigenvalue weighted by Crippen LogP contribution is 2.28. The van der Waals surface area contributed by atoms with E-state index in [0.717, 1.165) is 26.2 Å². The lowest BCUT2D eigenvalue weighted by Gasteiger charge is -2.31. The Bertz CT molecular complexity index is 509. The van der Waals surface area contributed by atoms with E-state index in [1.165, 1.54) is 12.3 Å². The molecule has 0 aliphatic carbocycles. The molecule has 17 heavy (non-hydrogen) atoms. The van der Waals surface area contributed by atoms with Crippen molar-refractivity contribution in [1.82, 2.24) is 5.32 Å². The van der Waals surface area contributed by atoms with Crippen molar-refractivity contribution in [2.45, 2.75) is 4.90 Å². The Labute approximate surface area is 101 Å². The van der Waals surface area contributed by atoms with Crippen LogP contribution in [0.1, 0.15) is 0 Å². The number of hydrogen-bond donors (Lipinski definition) is 2. The second-order valence-electron chi connectivity index (χ2n) is 4.17. The Morgan fingerprint density at radius 1 is 1.41 bits per heavy atom. The van der Waals surface area contributed by atoms with Gasteiger partial charge in [-0.05, 0) is 12.1 Å². The topological polar surface area (TPSA) is 56.2 Å². The van der Waals surface area contributed by atoms with E-state index in [9.17, 15) is 8.60 Å². The van der Waals surface area contributed by atoms with Crippen molar-refractivity contribution in [3.05, 3.63) is 24.0 Å². The molecule has 0 spiro atoms. The third kappa shape index (κ3) is 2.58. The molecule has 0 amide bonds. The van der Waals surface area contributed by atoms with Gasteiger partial charge >= 0.3 is 0 Å². The summed E-state index contributed by atoms with van der Waals surface area (Å²) < 4.78 is 33.2. The van der Waals surface area contributed by atoms with Crippen LogP contribution >= 0.6 is 0 Å². The standard InChI is InChI=1S/C11H16FN3OS/c1-17(13,16)11-9(12)3-2-4-10(11)15-7-5-14-6-8-15/h2-4,13-14H,5-8H2,1H3/t17-/m1/s1. The van der Waals surface area contributed by atoms with Crippen LogP contribution in [0.4, 0.5) is 10.1 Å². The molecule has 1 heterocycles. The molecule has 1 aromatic carbocycles. The van der Waals surface area contributed by atoms with E-state index in [0.29, 0.717) is 5.69 Å². The van der Waals surface area contributed by atoms with Gasteiger partial charge in [0.25, 0.3) is 0 Å². The van der Waals surface area contributed by atoms with E-state index in [-0.39, 0.29) is 4.90 Å². The minimum absolute atomic E-state index is 0.0295. The molecular weight excluding hydrogens is 241 g/mol. The highest BCUT2D eigenvalue weighted by molar-refractivity contribution is 7.91. The van der Waals surface area contributed by atoms with Gasteiger partial charge in [-0.2, -0.15) is 0 Å². The van der Waals surface area contributed by atoms with Crippen LogP contribution in [0.2, 0.25) is 0 Å². The molecule has 1 saturated heterocycles. The number of nitrogens with one attached hydrogen (secondary N) is 2. The lowest BCUT2D eigenvalue weighted by molar-refractivity contribution is 0.569. The zero-order chi connectivity index (χ0) is 12.5. The van der Waals surface area contributed by atoms with Crippen LogP contribution in [0, 0.1) is 10.6 Å². The quantitative estimate of drug-likeness (QED) is 0.839. The van der Waals surface area contributed by atoms with Gasteiger partial charge < -0.3 is 10.2 Å². The summed E-state index contributed by atoms with van der Waals surface area (Å²) in [6, 6.07) is 4.60. The molecular formula is C11H16FN3OS. The molecule has 1 aliphatic rings. The van der Waals surface area contributed by atoms with Crippen molar-refractivity contribution < 1.29 is 8.60 Å². The zero-order valence-corrected chi connectivity index (χ0v) is 10.5. The molecule has 0 aromatic heterocycles. The third-order valence-electron chi connectivity index (χ3n) is 2.79. The monoisotopic (exact) mass is 257 g/mol. The van der Waals surface area contributed by atoms with Gasteiger partial charge in [0.05, 0.1) is 15.4 Å². The third-order valence-corrected chi connectivity index (χ3v) is 3.98. The molecule has 0 radical (unpaired) electrons. The SMILES string of the molecule is C[S@@](=N)(=O)c1c(F)cccc1N1CCNCC1. The second kappa shape index (κ2) is 4.62. The number of piperazine rings is 1. The lowest BCUT2D eigenvalue weighted by atomic mass is 10.2. The van der Waals surface area contributed by atoms with Crippen LogP contribution in [0.5, 0.6) is 0 Å². The van der Waals surface area contributed by atoms with Crippen LogP contribution < -0.4 is 10.2 Å². The summed E-state index contributed by atoms with van der Waals surface area (Å²) >= 11 is 0. The Morgan fingerprint density at radius 3 is 2.65 bits per heavy atom. The van der Waals surface area contributed by atoms with Crippen LogP contribution in [0.3, 0.4) is 0 Å². The molecule has 1 aliphatic heterocycles.